The van der Waals surface area contributed by atoms with Crippen LogP contribution >= 0.6 is 0 Å². The molecule has 0 aromatic heterocycles. The van der Waals surface area contributed by atoms with Gasteiger partial charge in [0.25, 0.3) is 0 Å². The maximum Gasteiger partial charge on any atom is 0.234 e. The Bertz CT molecular complexity index is 229. The molecular formula is C13H26N2O2. The van der Waals surface area contributed by atoms with Crippen LogP contribution < -0.4 is 5.32 Å². The van der Waals surface area contributed by atoms with E-state index in [9.17, 15) is 4.79 Å². The summed E-state index contributed by atoms with van der Waals surface area (Å²) in [7, 11) is 0. The van der Waals surface area contributed by atoms with Gasteiger partial charge in [-0.25, -0.2) is 0 Å². The number of hydrogen-bond donors (Lipinski definition) is 2. The molecule has 1 unspecified atom stereocenters. The third-order valence-electron chi connectivity index (χ3n) is 3.22. The van der Waals surface area contributed by atoms with Gasteiger partial charge in [-0.1, -0.05) is 13.8 Å². The summed E-state index contributed by atoms with van der Waals surface area (Å²) in [5.74, 6) is 1.19. The fourth-order valence-electron chi connectivity index (χ4n) is 2.29. The lowest BCUT2D eigenvalue weighted by Crippen LogP contribution is -2.43. The lowest BCUT2D eigenvalue weighted by molar-refractivity contribution is -0.122. The summed E-state index contributed by atoms with van der Waals surface area (Å²) >= 11 is 0. The van der Waals surface area contributed by atoms with E-state index in [-0.39, 0.29) is 12.5 Å². The van der Waals surface area contributed by atoms with Crippen molar-refractivity contribution in [2.45, 2.75) is 33.1 Å². The molecule has 1 aliphatic heterocycles. The maximum absolute atomic E-state index is 11.7. The van der Waals surface area contributed by atoms with E-state index in [1.807, 2.05) is 0 Å². The molecule has 100 valence electrons. The summed E-state index contributed by atoms with van der Waals surface area (Å²) in [6.07, 6.45) is 3.19. The van der Waals surface area contributed by atoms with Crippen molar-refractivity contribution in [2.24, 2.45) is 11.8 Å². The quantitative estimate of drug-likeness (QED) is 0.726. The highest BCUT2D eigenvalue weighted by atomic mass is 16.3. The molecule has 0 saturated carbocycles. The standard InChI is InChI=1S/C13H26N2O2/c1-11(2)8-14-13(17)10-15-6-3-4-12(9-15)5-7-16/h11-12,16H,3-10H2,1-2H3,(H,14,17). The summed E-state index contributed by atoms with van der Waals surface area (Å²) in [5.41, 5.74) is 0. The second kappa shape index (κ2) is 7.67. The molecule has 4 heteroatoms. The molecule has 0 aromatic rings. The number of carbonyl (C=O) groups excluding carboxylic acids is 1. The number of likely N-dealkylation sites (tertiary alicyclic amines) is 1. The molecule has 1 amide bonds. The number of nitrogens with zero attached hydrogens (tertiary/aromatic N) is 1. The Kier molecular flexibility index (Phi) is 6.52. The Morgan fingerprint density at radius 3 is 2.94 bits per heavy atom. The zero-order valence-electron chi connectivity index (χ0n) is 11.1. The van der Waals surface area contributed by atoms with Crippen molar-refractivity contribution in [3.8, 4) is 0 Å². The SMILES string of the molecule is CC(C)CNC(=O)CN1CCCC(CCO)C1. The van der Waals surface area contributed by atoms with Crippen molar-refractivity contribution >= 4 is 5.91 Å². The molecule has 4 nitrogen and oxygen atoms in total. The fourth-order valence-corrected chi connectivity index (χ4v) is 2.29. The molecule has 1 fully saturated rings. The number of aliphatic hydroxyl groups is 1. The molecule has 0 aliphatic carbocycles. The van der Waals surface area contributed by atoms with Crippen molar-refractivity contribution in [3.63, 3.8) is 0 Å². The van der Waals surface area contributed by atoms with Gasteiger partial charge in [0, 0.05) is 19.7 Å². The highest BCUT2D eigenvalue weighted by Gasteiger charge is 2.20. The minimum absolute atomic E-state index is 0.128. The average Bonchev–Trinajstić information content (AvgIpc) is 2.27. The van der Waals surface area contributed by atoms with E-state index in [4.69, 9.17) is 5.11 Å². The first-order valence-corrected chi connectivity index (χ1v) is 6.71. The Morgan fingerprint density at radius 1 is 1.53 bits per heavy atom. The minimum Gasteiger partial charge on any atom is -0.396 e. The number of amides is 1. The smallest absolute Gasteiger partial charge is 0.234 e. The van der Waals surface area contributed by atoms with Gasteiger partial charge in [-0.05, 0) is 37.6 Å². The molecule has 1 heterocycles. The molecule has 1 saturated heterocycles. The zero-order valence-corrected chi connectivity index (χ0v) is 11.1. The van der Waals surface area contributed by atoms with Gasteiger partial charge >= 0.3 is 0 Å². The van der Waals surface area contributed by atoms with Crippen molar-refractivity contribution in [1.29, 1.82) is 0 Å². The van der Waals surface area contributed by atoms with Crippen LogP contribution in [-0.4, -0.2) is 48.7 Å². The normalized spacial score (nSPS) is 21.8. The van der Waals surface area contributed by atoms with Gasteiger partial charge in [0.2, 0.25) is 5.91 Å². The van der Waals surface area contributed by atoms with Crippen molar-refractivity contribution < 1.29 is 9.90 Å². The number of nitrogens with one attached hydrogen (secondary N) is 1. The molecule has 1 rings (SSSR count). The summed E-state index contributed by atoms with van der Waals surface area (Å²) in [5, 5.41) is 11.9. The highest BCUT2D eigenvalue weighted by molar-refractivity contribution is 5.78. The van der Waals surface area contributed by atoms with Crippen LogP contribution in [0, 0.1) is 11.8 Å². The molecule has 0 bridgehead atoms. The van der Waals surface area contributed by atoms with Gasteiger partial charge in [-0.15, -0.1) is 0 Å². The summed E-state index contributed by atoms with van der Waals surface area (Å²) in [4.78, 5) is 13.9. The Balaban J connectivity index is 2.23. The van der Waals surface area contributed by atoms with Crippen molar-refractivity contribution in [3.05, 3.63) is 0 Å². The average molecular weight is 242 g/mol. The highest BCUT2D eigenvalue weighted by Crippen LogP contribution is 2.18. The number of rotatable bonds is 6. The van der Waals surface area contributed by atoms with Crippen LogP contribution in [0.1, 0.15) is 33.1 Å². The molecule has 17 heavy (non-hydrogen) atoms. The summed E-state index contributed by atoms with van der Waals surface area (Å²) in [6, 6.07) is 0. The van der Waals surface area contributed by atoms with Gasteiger partial charge in [0.05, 0.1) is 6.54 Å². The number of aliphatic hydroxyl groups excluding tert-OH is 1. The summed E-state index contributed by atoms with van der Waals surface area (Å²) < 4.78 is 0. The zero-order chi connectivity index (χ0) is 12.7. The van der Waals surface area contributed by atoms with E-state index >= 15 is 0 Å². The lowest BCUT2D eigenvalue weighted by atomic mass is 9.95. The van der Waals surface area contributed by atoms with Crippen LogP contribution in [-0.2, 0) is 4.79 Å². The van der Waals surface area contributed by atoms with Crippen molar-refractivity contribution in [1.82, 2.24) is 10.2 Å². The predicted octanol–water partition coefficient (Wildman–Crippen LogP) is 0.853. The van der Waals surface area contributed by atoms with E-state index in [0.29, 0.717) is 18.4 Å². The first-order chi connectivity index (χ1) is 8.11. The number of hydrogen-bond acceptors (Lipinski definition) is 3. The Morgan fingerprint density at radius 2 is 2.29 bits per heavy atom. The van der Waals surface area contributed by atoms with Gasteiger partial charge in [-0.2, -0.15) is 0 Å². The van der Waals surface area contributed by atoms with Crippen LogP contribution in [0.4, 0.5) is 0 Å². The maximum atomic E-state index is 11.7. The Labute approximate surface area is 104 Å². The molecule has 0 spiro atoms. The minimum atomic E-state index is 0.128. The molecule has 2 N–H and O–H groups in total. The van der Waals surface area contributed by atoms with E-state index in [1.165, 1.54) is 6.42 Å². The van der Waals surface area contributed by atoms with E-state index in [2.05, 4.69) is 24.1 Å². The molecular weight excluding hydrogens is 216 g/mol. The second-order valence-corrected chi connectivity index (χ2v) is 5.45. The van der Waals surface area contributed by atoms with Crippen LogP contribution in [0.25, 0.3) is 0 Å². The first kappa shape index (κ1) is 14.5. The first-order valence-electron chi connectivity index (χ1n) is 6.71. The van der Waals surface area contributed by atoms with Crippen LogP contribution in [0.15, 0.2) is 0 Å². The predicted molar refractivity (Wildman–Crippen MR) is 68.7 cm³/mol. The Hall–Kier alpha value is -0.610. The largest absolute Gasteiger partial charge is 0.396 e. The third kappa shape index (κ3) is 6.03. The van der Waals surface area contributed by atoms with E-state index in [1.54, 1.807) is 0 Å². The van der Waals surface area contributed by atoms with Crippen LogP contribution in [0.2, 0.25) is 0 Å². The fraction of sp³-hybridized carbons (Fsp3) is 0.923. The molecule has 1 aliphatic rings. The molecule has 0 aromatic carbocycles. The van der Waals surface area contributed by atoms with Crippen LogP contribution in [0.3, 0.4) is 0 Å². The molecule has 1 atom stereocenters. The van der Waals surface area contributed by atoms with Gasteiger partial charge < -0.3 is 10.4 Å². The summed E-state index contributed by atoms with van der Waals surface area (Å²) in [6.45, 7) is 7.68. The van der Waals surface area contributed by atoms with E-state index < -0.39 is 0 Å². The number of carbonyl (C=O) groups is 1. The van der Waals surface area contributed by atoms with Gasteiger partial charge in [0.15, 0.2) is 0 Å². The number of piperidine rings is 1. The lowest BCUT2D eigenvalue weighted by Gasteiger charge is -2.31. The van der Waals surface area contributed by atoms with Gasteiger partial charge in [0.1, 0.15) is 0 Å². The van der Waals surface area contributed by atoms with Crippen LogP contribution in [0.5, 0.6) is 0 Å². The second-order valence-electron chi connectivity index (χ2n) is 5.45. The van der Waals surface area contributed by atoms with Gasteiger partial charge in [-0.3, -0.25) is 9.69 Å². The van der Waals surface area contributed by atoms with E-state index in [0.717, 1.165) is 32.5 Å². The third-order valence-corrected chi connectivity index (χ3v) is 3.22. The topological polar surface area (TPSA) is 52.6 Å². The van der Waals surface area contributed by atoms with Crippen molar-refractivity contribution in [2.75, 3.05) is 32.8 Å². The molecule has 0 radical (unpaired) electrons. The monoisotopic (exact) mass is 242 g/mol.